The SMILES string of the molecule is Nc1c(C(=O)[O-])nnn1[C@@H]1O[C@H](COP(=O)([O-])[O-])[C@@H](O)[C@H]1O. The molecule has 2 heterocycles. The number of hydrogen-bond donors (Lipinski definition) is 3. The summed E-state index contributed by atoms with van der Waals surface area (Å²) in [7, 11) is -5.29. The molecule has 1 fully saturated rings. The molecule has 0 radical (unpaired) electrons. The molecule has 0 aromatic carbocycles. The molecule has 0 bridgehead atoms. The minimum absolute atomic E-state index is 0.504. The van der Waals surface area contributed by atoms with Crippen molar-refractivity contribution in [3.8, 4) is 0 Å². The first kappa shape index (κ1) is 16.8. The molecule has 1 aliphatic heterocycles. The Morgan fingerprint density at radius 3 is 2.59 bits per heavy atom. The van der Waals surface area contributed by atoms with Gasteiger partial charge in [-0.2, -0.15) is 4.68 Å². The van der Waals surface area contributed by atoms with Gasteiger partial charge in [0, 0.05) is 0 Å². The predicted molar refractivity (Wildman–Crippen MR) is 58.2 cm³/mol. The van der Waals surface area contributed by atoms with E-state index in [-0.39, 0.29) is 0 Å². The van der Waals surface area contributed by atoms with Crippen molar-refractivity contribution in [2.24, 2.45) is 0 Å². The number of aliphatic hydroxyl groups excluding tert-OH is 2. The van der Waals surface area contributed by atoms with E-state index in [9.17, 15) is 34.5 Å². The number of carboxylic acid groups (broad SMARTS) is 1. The number of ether oxygens (including phenoxy) is 1. The second-order valence-electron chi connectivity index (χ2n) is 4.34. The molecule has 14 heteroatoms. The summed E-state index contributed by atoms with van der Waals surface area (Å²) in [5.41, 5.74) is 4.75. The van der Waals surface area contributed by atoms with Crippen LogP contribution >= 0.6 is 7.82 Å². The fourth-order valence-corrected chi connectivity index (χ4v) is 2.20. The smallest absolute Gasteiger partial charge is 0.183 e. The quantitative estimate of drug-likeness (QED) is 0.429. The molecule has 13 nitrogen and oxygen atoms in total. The van der Waals surface area contributed by atoms with E-state index in [1.165, 1.54) is 0 Å². The van der Waals surface area contributed by atoms with Gasteiger partial charge in [0.25, 0.3) is 0 Å². The van der Waals surface area contributed by atoms with E-state index < -0.39 is 56.5 Å². The number of rotatable bonds is 5. The van der Waals surface area contributed by atoms with Crippen LogP contribution in [0.5, 0.6) is 0 Å². The van der Waals surface area contributed by atoms with E-state index in [4.69, 9.17) is 10.5 Å². The van der Waals surface area contributed by atoms with Gasteiger partial charge in [-0.05, 0) is 0 Å². The highest BCUT2D eigenvalue weighted by Crippen LogP contribution is 2.33. The number of nitrogen functional groups attached to an aromatic ring is 1. The molecule has 0 amide bonds. The summed E-state index contributed by atoms with van der Waals surface area (Å²) in [4.78, 5) is 31.5. The van der Waals surface area contributed by atoms with E-state index in [2.05, 4.69) is 14.8 Å². The monoisotopic (exact) mass is 337 g/mol. The van der Waals surface area contributed by atoms with Crippen molar-refractivity contribution in [3.05, 3.63) is 5.69 Å². The van der Waals surface area contributed by atoms with Gasteiger partial charge in [-0.25, -0.2) is 0 Å². The van der Waals surface area contributed by atoms with E-state index in [1.54, 1.807) is 0 Å². The molecule has 22 heavy (non-hydrogen) atoms. The lowest BCUT2D eigenvalue weighted by Crippen LogP contribution is -2.34. The van der Waals surface area contributed by atoms with Crippen LogP contribution in [0.3, 0.4) is 0 Å². The summed E-state index contributed by atoms with van der Waals surface area (Å²) >= 11 is 0. The standard InChI is InChI=1S/C8H13N4O9P/c9-6-3(8(15)16)10-11-12(6)7-5(14)4(13)2(21-7)1-20-22(17,18)19/h2,4-5,7,13-14H,1,9H2,(H,15,16)(H2,17,18,19)/p-3/t2-,4-,5-,7-/m1/s1. The number of anilines is 1. The molecule has 124 valence electrons. The lowest BCUT2D eigenvalue weighted by atomic mass is 10.1. The number of phosphoric ester groups is 1. The molecule has 0 aliphatic carbocycles. The molecule has 0 saturated carbocycles. The fraction of sp³-hybridized carbons (Fsp3) is 0.625. The van der Waals surface area contributed by atoms with Crippen molar-refractivity contribution in [1.29, 1.82) is 0 Å². The number of carbonyl (C=O) groups excluding carboxylic acids is 1. The lowest BCUT2D eigenvalue weighted by molar-refractivity contribution is -0.343. The van der Waals surface area contributed by atoms with E-state index >= 15 is 0 Å². The lowest BCUT2D eigenvalue weighted by Gasteiger charge is -2.30. The van der Waals surface area contributed by atoms with Gasteiger partial charge < -0.3 is 49.5 Å². The molecule has 1 aliphatic rings. The van der Waals surface area contributed by atoms with Crippen LogP contribution in [0.1, 0.15) is 16.7 Å². The summed E-state index contributed by atoms with van der Waals surface area (Å²) in [6.07, 6.45) is -6.12. The number of aromatic carboxylic acids is 1. The Labute approximate surface area is 122 Å². The molecule has 4 N–H and O–H groups in total. The van der Waals surface area contributed by atoms with E-state index in [1.807, 2.05) is 0 Å². The second-order valence-corrected chi connectivity index (χ2v) is 5.50. The van der Waals surface area contributed by atoms with Crippen molar-refractivity contribution < 1.29 is 43.7 Å². The maximum atomic E-state index is 10.7. The third-order valence-electron chi connectivity index (χ3n) is 2.90. The normalized spacial score (nSPS) is 28.9. The Morgan fingerprint density at radius 1 is 1.45 bits per heavy atom. The van der Waals surface area contributed by atoms with Crippen LogP contribution in [-0.2, 0) is 13.8 Å². The summed E-state index contributed by atoms with van der Waals surface area (Å²) in [6.45, 7) is -0.846. The zero-order valence-corrected chi connectivity index (χ0v) is 11.5. The van der Waals surface area contributed by atoms with Crippen molar-refractivity contribution >= 4 is 19.6 Å². The van der Waals surface area contributed by atoms with Gasteiger partial charge in [-0.15, -0.1) is 5.10 Å². The van der Waals surface area contributed by atoms with Gasteiger partial charge in [0.05, 0.1) is 20.4 Å². The van der Waals surface area contributed by atoms with Crippen molar-refractivity contribution in [3.63, 3.8) is 0 Å². The van der Waals surface area contributed by atoms with Crippen LogP contribution in [0.15, 0.2) is 0 Å². The highest BCUT2D eigenvalue weighted by atomic mass is 31.2. The zero-order chi connectivity index (χ0) is 16.7. The Hall–Kier alpha value is -1.60. The Kier molecular flexibility index (Phi) is 4.49. The van der Waals surface area contributed by atoms with Gasteiger partial charge in [0.1, 0.15) is 18.3 Å². The van der Waals surface area contributed by atoms with Gasteiger partial charge >= 0.3 is 0 Å². The number of nitrogens with zero attached hydrogens (tertiary/aromatic N) is 3. The summed E-state index contributed by atoms with van der Waals surface area (Å²) in [5, 5.41) is 36.8. The fourth-order valence-electron chi connectivity index (χ4n) is 1.87. The topological polar surface area (TPSA) is 219 Å². The molecular formula is C8H10N4O9P-3. The molecule has 0 spiro atoms. The van der Waals surface area contributed by atoms with Gasteiger partial charge in [0.15, 0.2) is 17.7 Å². The number of hydrogen-bond acceptors (Lipinski definition) is 12. The molecule has 1 aromatic rings. The number of aliphatic hydroxyl groups is 2. The first-order valence-electron chi connectivity index (χ1n) is 5.72. The summed E-state index contributed by atoms with van der Waals surface area (Å²) < 4.78 is 20.1. The Balaban J connectivity index is 2.16. The predicted octanol–water partition coefficient (Wildman–Crippen LogP) is -5.31. The molecule has 2 rings (SSSR count). The highest BCUT2D eigenvalue weighted by molar-refractivity contribution is 7.43. The third-order valence-corrected chi connectivity index (χ3v) is 3.36. The number of carbonyl (C=O) groups is 1. The average molecular weight is 337 g/mol. The van der Waals surface area contributed by atoms with E-state index in [0.29, 0.717) is 4.68 Å². The first-order valence-corrected chi connectivity index (χ1v) is 7.18. The van der Waals surface area contributed by atoms with Crippen molar-refractivity contribution in [2.75, 3.05) is 12.3 Å². The van der Waals surface area contributed by atoms with Gasteiger partial charge in [-0.1, -0.05) is 5.21 Å². The summed E-state index contributed by atoms with van der Waals surface area (Å²) in [6, 6.07) is 0. The number of phosphoric acid groups is 1. The van der Waals surface area contributed by atoms with Crippen LogP contribution in [0.4, 0.5) is 5.82 Å². The minimum Gasteiger partial charge on any atom is -0.790 e. The van der Waals surface area contributed by atoms with Crippen molar-refractivity contribution in [1.82, 2.24) is 15.0 Å². The van der Waals surface area contributed by atoms with Crippen LogP contribution in [-0.4, -0.2) is 56.1 Å². The Bertz CT molecular complexity index is 615. The summed E-state index contributed by atoms with van der Waals surface area (Å²) in [5.74, 6) is -2.22. The largest absolute Gasteiger partial charge is 0.790 e. The van der Waals surface area contributed by atoms with Crippen molar-refractivity contribution in [2.45, 2.75) is 24.5 Å². The maximum Gasteiger partial charge on any atom is 0.183 e. The van der Waals surface area contributed by atoms with Gasteiger partial charge in [-0.3, -0.25) is 0 Å². The zero-order valence-electron chi connectivity index (χ0n) is 10.6. The number of nitrogens with two attached hydrogens (primary N) is 1. The molecule has 4 atom stereocenters. The van der Waals surface area contributed by atoms with E-state index in [0.717, 1.165) is 0 Å². The maximum absolute atomic E-state index is 10.7. The molecular weight excluding hydrogens is 327 g/mol. The van der Waals surface area contributed by atoms with Crippen LogP contribution in [0.2, 0.25) is 0 Å². The second kappa shape index (κ2) is 5.89. The Morgan fingerprint density at radius 2 is 2.09 bits per heavy atom. The number of aromatic nitrogens is 3. The number of carboxylic acids is 1. The minimum atomic E-state index is -5.29. The third kappa shape index (κ3) is 3.25. The average Bonchev–Trinajstić information content (AvgIpc) is 2.90. The van der Waals surface area contributed by atoms with Crippen LogP contribution < -0.4 is 20.6 Å². The molecule has 1 saturated heterocycles. The molecule has 0 unspecified atom stereocenters. The van der Waals surface area contributed by atoms with Gasteiger partial charge in [0.2, 0.25) is 0 Å². The van der Waals surface area contributed by atoms with Crippen LogP contribution in [0, 0.1) is 0 Å². The molecule has 1 aromatic heterocycles. The highest BCUT2D eigenvalue weighted by Gasteiger charge is 2.45. The van der Waals surface area contributed by atoms with Crippen LogP contribution in [0.25, 0.3) is 0 Å². The first-order chi connectivity index (χ1) is 10.1.